The molecule has 72 valence electrons. The van der Waals surface area contributed by atoms with Crippen molar-refractivity contribution in [3.05, 3.63) is 40.4 Å². The number of hydrogen-bond acceptors (Lipinski definition) is 2. The summed E-state index contributed by atoms with van der Waals surface area (Å²) in [7, 11) is 0. The van der Waals surface area contributed by atoms with Crippen molar-refractivity contribution >= 4 is 23.2 Å². The van der Waals surface area contributed by atoms with Crippen LogP contribution in [-0.4, -0.2) is 14.8 Å². The molecule has 1 heterocycles. The van der Waals surface area contributed by atoms with E-state index in [0.29, 0.717) is 15.9 Å². The maximum atomic E-state index is 6.02. The zero-order valence-electron chi connectivity index (χ0n) is 7.41. The van der Waals surface area contributed by atoms with Crippen molar-refractivity contribution in [2.45, 2.75) is 6.92 Å². The first-order valence-electron chi connectivity index (χ1n) is 4.01. The van der Waals surface area contributed by atoms with Crippen molar-refractivity contribution in [2.75, 3.05) is 0 Å². The van der Waals surface area contributed by atoms with Gasteiger partial charge in [-0.05, 0) is 19.1 Å². The van der Waals surface area contributed by atoms with Gasteiger partial charge in [0, 0.05) is 0 Å². The van der Waals surface area contributed by atoms with Gasteiger partial charge in [0.05, 0.1) is 15.7 Å². The van der Waals surface area contributed by atoms with Gasteiger partial charge in [-0.15, -0.1) is 0 Å². The molecule has 0 aliphatic rings. The number of rotatable bonds is 1. The van der Waals surface area contributed by atoms with Crippen LogP contribution in [0.25, 0.3) is 5.69 Å². The van der Waals surface area contributed by atoms with Gasteiger partial charge in [-0.3, -0.25) is 0 Å². The second-order valence-corrected chi connectivity index (χ2v) is 3.59. The van der Waals surface area contributed by atoms with E-state index in [9.17, 15) is 0 Å². The highest BCUT2D eigenvalue weighted by molar-refractivity contribution is 6.43. The first-order chi connectivity index (χ1) is 6.68. The van der Waals surface area contributed by atoms with Crippen LogP contribution in [0, 0.1) is 6.92 Å². The van der Waals surface area contributed by atoms with Crippen LogP contribution in [0.4, 0.5) is 0 Å². The topological polar surface area (TPSA) is 30.7 Å². The summed E-state index contributed by atoms with van der Waals surface area (Å²) in [5.41, 5.74) is 0.736. The summed E-state index contributed by atoms with van der Waals surface area (Å²) < 4.78 is 1.60. The fourth-order valence-electron chi connectivity index (χ4n) is 1.13. The van der Waals surface area contributed by atoms with E-state index in [0.717, 1.165) is 5.69 Å². The van der Waals surface area contributed by atoms with Gasteiger partial charge in [-0.25, -0.2) is 9.67 Å². The molecule has 0 bridgehead atoms. The quantitative estimate of drug-likeness (QED) is 0.751. The predicted octanol–water partition coefficient (Wildman–Crippen LogP) is 2.88. The molecule has 0 atom stereocenters. The average Bonchev–Trinajstić information content (AvgIpc) is 2.57. The third-order valence-electron chi connectivity index (χ3n) is 1.78. The molecule has 0 radical (unpaired) electrons. The van der Waals surface area contributed by atoms with E-state index in [2.05, 4.69) is 10.1 Å². The highest BCUT2D eigenvalue weighted by Gasteiger charge is 2.06. The largest absolute Gasteiger partial charge is 0.220 e. The Morgan fingerprint density at radius 2 is 2.07 bits per heavy atom. The third kappa shape index (κ3) is 1.61. The molecule has 1 aromatic heterocycles. The number of hydrogen-bond donors (Lipinski definition) is 0. The van der Waals surface area contributed by atoms with E-state index in [1.54, 1.807) is 17.1 Å². The third-order valence-corrected chi connectivity index (χ3v) is 2.59. The molecule has 3 nitrogen and oxygen atoms in total. The van der Waals surface area contributed by atoms with Gasteiger partial charge >= 0.3 is 0 Å². The second-order valence-electron chi connectivity index (χ2n) is 2.81. The van der Waals surface area contributed by atoms with Gasteiger partial charge in [0.15, 0.2) is 0 Å². The molecule has 0 spiro atoms. The molecule has 2 rings (SSSR count). The Balaban J connectivity index is 2.57. The lowest BCUT2D eigenvalue weighted by molar-refractivity contribution is 0.863. The van der Waals surface area contributed by atoms with Crippen molar-refractivity contribution in [1.29, 1.82) is 0 Å². The second kappa shape index (κ2) is 3.59. The fourth-order valence-corrected chi connectivity index (χ4v) is 1.51. The smallest absolute Gasteiger partial charge is 0.147 e. The van der Waals surface area contributed by atoms with Gasteiger partial charge in [0.25, 0.3) is 0 Å². The molecule has 2 aromatic rings. The molecular formula is C9H7Cl2N3. The average molecular weight is 228 g/mol. The number of halogens is 2. The van der Waals surface area contributed by atoms with Gasteiger partial charge in [0.1, 0.15) is 12.2 Å². The molecule has 14 heavy (non-hydrogen) atoms. The van der Waals surface area contributed by atoms with Gasteiger partial charge in [0.2, 0.25) is 0 Å². The van der Waals surface area contributed by atoms with E-state index < -0.39 is 0 Å². The summed E-state index contributed by atoms with van der Waals surface area (Å²) in [6.45, 7) is 1.81. The van der Waals surface area contributed by atoms with Gasteiger partial charge < -0.3 is 0 Å². The van der Waals surface area contributed by atoms with Crippen LogP contribution in [0.1, 0.15) is 5.82 Å². The lowest BCUT2D eigenvalue weighted by Gasteiger charge is -2.03. The van der Waals surface area contributed by atoms with Crippen LogP contribution < -0.4 is 0 Å². The summed E-state index contributed by atoms with van der Waals surface area (Å²) in [5.74, 6) is 0.695. The summed E-state index contributed by atoms with van der Waals surface area (Å²) in [6, 6.07) is 5.39. The first-order valence-corrected chi connectivity index (χ1v) is 4.77. The molecule has 1 aromatic carbocycles. The fraction of sp³-hybridized carbons (Fsp3) is 0.111. The summed E-state index contributed by atoms with van der Waals surface area (Å²) in [5, 5.41) is 5.14. The zero-order chi connectivity index (χ0) is 10.1. The minimum Gasteiger partial charge on any atom is -0.220 e. The zero-order valence-corrected chi connectivity index (χ0v) is 8.92. The molecule has 0 saturated heterocycles. The van der Waals surface area contributed by atoms with Crippen molar-refractivity contribution in [3.8, 4) is 5.69 Å². The number of nitrogens with zero attached hydrogens (tertiary/aromatic N) is 3. The minimum absolute atomic E-state index is 0.485. The minimum atomic E-state index is 0.485. The maximum absolute atomic E-state index is 6.02. The monoisotopic (exact) mass is 227 g/mol. The van der Waals surface area contributed by atoms with E-state index in [4.69, 9.17) is 23.2 Å². The Morgan fingerprint density at radius 1 is 1.29 bits per heavy atom. The normalized spacial score (nSPS) is 10.5. The molecular weight excluding hydrogens is 221 g/mol. The van der Waals surface area contributed by atoms with Crippen LogP contribution in [-0.2, 0) is 0 Å². The number of benzene rings is 1. The van der Waals surface area contributed by atoms with Crippen molar-refractivity contribution in [2.24, 2.45) is 0 Å². The Labute approximate surface area is 91.3 Å². The van der Waals surface area contributed by atoms with Crippen molar-refractivity contribution in [1.82, 2.24) is 14.8 Å². The number of aryl methyl sites for hydroxylation is 1. The molecule has 0 saturated carbocycles. The van der Waals surface area contributed by atoms with E-state index in [1.165, 1.54) is 0 Å². The van der Waals surface area contributed by atoms with Crippen molar-refractivity contribution in [3.63, 3.8) is 0 Å². The Bertz CT molecular complexity index is 465. The van der Waals surface area contributed by atoms with Crippen LogP contribution in [0.5, 0.6) is 0 Å². The van der Waals surface area contributed by atoms with E-state index in [-0.39, 0.29) is 0 Å². The number of aromatic nitrogens is 3. The summed E-state index contributed by atoms with van der Waals surface area (Å²) >= 11 is 11.9. The standard InChI is InChI=1S/C9H7Cl2N3/c1-6-12-5-14(13-6)8-4-2-3-7(10)9(8)11/h2-5H,1H3. The molecule has 0 aliphatic carbocycles. The lowest BCUT2D eigenvalue weighted by Crippen LogP contribution is -1.95. The summed E-state index contributed by atoms with van der Waals surface area (Å²) in [6.07, 6.45) is 1.60. The van der Waals surface area contributed by atoms with Crippen molar-refractivity contribution < 1.29 is 0 Å². The van der Waals surface area contributed by atoms with E-state index >= 15 is 0 Å². The SMILES string of the molecule is Cc1ncn(-c2cccc(Cl)c2Cl)n1. The van der Waals surface area contributed by atoms with Gasteiger partial charge in [-0.2, -0.15) is 5.10 Å². The highest BCUT2D eigenvalue weighted by Crippen LogP contribution is 2.27. The summed E-state index contributed by atoms with van der Waals surface area (Å²) in [4.78, 5) is 4.01. The first kappa shape index (κ1) is 9.49. The molecule has 0 aliphatic heterocycles. The van der Waals surface area contributed by atoms with E-state index in [1.807, 2.05) is 19.1 Å². The molecule has 0 fully saturated rings. The Kier molecular flexibility index (Phi) is 2.44. The molecule has 5 heteroatoms. The Hall–Kier alpha value is -1.06. The van der Waals surface area contributed by atoms with Crippen LogP contribution >= 0.6 is 23.2 Å². The highest BCUT2D eigenvalue weighted by atomic mass is 35.5. The predicted molar refractivity (Wildman–Crippen MR) is 56.1 cm³/mol. The Morgan fingerprint density at radius 3 is 2.71 bits per heavy atom. The molecule has 0 unspecified atom stereocenters. The van der Waals surface area contributed by atoms with Crippen LogP contribution in [0.3, 0.4) is 0 Å². The maximum Gasteiger partial charge on any atom is 0.147 e. The van der Waals surface area contributed by atoms with Gasteiger partial charge in [-0.1, -0.05) is 29.3 Å². The molecule has 0 amide bonds. The lowest BCUT2D eigenvalue weighted by atomic mass is 10.3. The van der Waals surface area contributed by atoms with Crippen LogP contribution in [0.15, 0.2) is 24.5 Å². The van der Waals surface area contributed by atoms with Crippen LogP contribution in [0.2, 0.25) is 10.0 Å². The molecule has 0 N–H and O–H groups in total.